The second-order valence-corrected chi connectivity index (χ2v) is 3.51. The van der Waals surface area contributed by atoms with E-state index in [2.05, 4.69) is 5.32 Å². The van der Waals surface area contributed by atoms with E-state index in [0.717, 1.165) is 0 Å². The first-order valence-electron chi connectivity index (χ1n) is 4.54. The molecule has 2 rings (SSSR count). The standard InChI is InChI=1S/C10H10FNO3/c11-6-3-1-2-5-4-7(13)9(8(5)6)12-10(14)15/h1-3,7,9,12-13H,4H2,(H,14,15)/t7-,9-/m1/s1. The Balaban J connectivity index is 2.39. The van der Waals surface area contributed by atoms with Crippen LogP contribution in [0.15, 0.2) is 18.2 Å². The van der Waals surface area contributed by atoms with Gasteiger partial charge in [0.05, 0.1) is 12.1 Å². The molecule has 3 N–H and O–H groups in total. The first kappa shape index (κ1) is 9.92. The van der Waals surface area contributed by atoms with Crippen molar-refractivity contribution in [3.8, 4) is 0 Å². The van der Waals surface area contributed by atoms with E-state index in [1.54, 1.807) is 12.1 Å². The molecule has 1 aromatic carbocycles. The van der Waals surface area contributed by atoms with Gasteiger partial charge in [-0.15, -0.1) is 0 Å². The van der Waals surface area contributed by atoms with Crippen LogP contribution in [0.3, 0.4) is 0 Å². The predicted molar refractivity (Wildman–Crippen MR) is 50.0 cm³/mol. The number of carboxylic acid groups (broad SMARTS) is 1. The smallest absolute Gasteiger partial charge is 0.405 e. The summed E-state index contributed by atoms with van der Waals surface area (Å²) in [5, 5.41) is 20.3. The van der Waals surface area contributed by atoms with Crippen molar-refractivity contribution in [3.05, 3.63) is 35.1 Å². The minimum Gasteiger partial charge on any atom is -0.465 e. The van der Waals surface area contributed by atoms with E-state index < -0.39 is 24.1 Å². The SMILES string of the molecule is O=C(O)N[C@H]1c2c(F)cccc2C[C@H]1O. The maximum Gasteiger partial charge on any atom is 0.405 e. The fourth-order valence-electron chi connectivity index (χ4n) is 1.94. The van der Waals surface area contributed by atoms with Gasteiger partial charge in [-0.1, -0.05) is 12.1 Å². The van der Waals surface area contributed by atoms with E-state index in [1.165, 1.54) is 6.07 Å². The minimum atomic E-state index is -1.27. The number of benzene rings is 1. The van der Waals surface area contributed by atoms with Crippen LogP contribution in [0.2, 0.25) is 0 Å². The summed E-state index contributed by atoms with van der Waals surface area (Å²) in [7, 11) is 0. The normalized spacial score (nSPS) is 23.6. The average Bonchev–Trinajstić information content (AvgIpc) is 2.43. The Morgan fingerprint density at radius 2 is 2.27 bits per heavy atom. The van der Waals surface area contributed by atoms with Crippen molar-refractivity contribution in [1.29, 1.82) is 0 Å². The minimum absolute atomic E-state index is 0.257. The zero-order chi connectivity index (χ0) is 11.0. The van der Waals surface area contributed by atoms with Gasteiger partial charge in [0.1, 0.15) is 5.82 Å². The lowest BCUT2D eigenvalue weighted by molar-refractivity contribution is 0.130. The molecule has 1 amide bonds. The fraction of sp³-hybridized carbons (Fsp3) is 0.300. The van der Waals surface area contributed by atoms with Crippen LogP contribution in [0.4, 0.5) is 9.18 Å². The van der Waals surface area contributed by atoms with Crippen molar-refractivity contribution >= 4 is 6.09 Å². The number of aliphatic hydroxyl groups is 1. The largest absolute Gasteiger partial charge is 0.465 e. The van der Waals surface area contributed by atoms with Gasteiger partial charge in [-0.3, -0.25) is 0 Å². The number of rotatable bonds is 1. The van der Waals surface area contributed by atoms with Crippen molar-refractivity contribution in [2.24, 2.45) is 0 Å². The van der Waals surface area contributed by atoms with Crippen molar-refractivity contribution in [3.63, 3.8) is 0 Å². The molecule has 15 heavy (non-hydrogen) atoms. The Morgan fingerprint density at radius 1 is 1.53 bits per heavy atom. The topological polar surface area (TPSA) is 69.6 Å². The first-order valence-corrected chi connectivity index (χ1v) is 4.54. The maximum absolute atomic E-state index is 13.4. The lowest BCUT2D eigenvalue weighted by Gasteiger charge is -2.15. The fourth-order valence-corrected chi connectivity index (χ4v) is 1.94. The van der Waals surface area contributed by atoms with Gasteiger partial charge >= 0.3 is 6.09 Å². The molecule has 0 aromatic heterocycles. The highest BCUT2D eigenvalue weighted by Gasteiger charge is 2.34. The number of hydrogen-bond donors (Lipinski definition) is 3. The van der Waals surface area contributed by atoms with Crippen molar-refractivity contribution in [2.75, 3.05) is 0 Å². The van der Waals surface area contributed by atoms with Crippen LogP contribution in [0.1, 0.15) is 17.2 Å². The summed E-state index contributed by atoms with van der Waals surface area (Å²) in [4.78, 5) is 10.5. The van der Waals surface area contributed by atoms with Crippen LogP contribution >= 0.6 is 0 Å². The van der Waals surface area contributed by atoms with Crippen LogP contribution in [0, 0.1) is 5.82 Å². The van der Waals surface area contributed by atoms with E-state index in [9.17, 15) is 14.3 Å². The van der Waals surface area contributed by atoms with Gasteiger partial charge in [0.2, 0.25) is 0 Å². The second kappa shape index (κ2) is 3.51. The van der Waals surface area contributed by atoms with Gasteiger partial charge in [-0.05, 0) is 11.6 Å². The van der Waals surface area contributed by atoms with Crippen LogP contribution in [-0.4, -0.2) is 22.4 Å². The molecule has 0 saturated heterocycles. The van der Waals surface area contributed by atoms with Gasteiger partial charge in [0, 0.05) is 12.0 Å². The van der Waals surface area contributed by atoms with E-state index in [0.29, 0.717) is 5.56 Å². The molecule has 1 aliphatic rings. The quantitative estimate of drug-likeness (QED) is 0.650. The zero-order valence-corrected chi connectivity index (χ0v) is 7.77. The summed E-state index contributed by atoms with van der Waals surface area (Å²) in [5.41, 5.74) is 0.911. The summed E-state index contributed by atoms with van der Waals surface area (Å²) < 4.78 is 13.4. The Morgan fingerprint density at radius 3 is 2.93 bits per heavy atom. The molecular weight excluding hydrogens is 201 g/mol. The van der Waals surface area contributed by atoms with Crippen LogP contribution in [0.25, 0.3) is 0 Å². The van der Waals surface area contributed by atoms with Gasteiger partial charge in [0.25, 0.3) is 0 Å². The molecule has 0 heterocycles. The average molecular weight is 211 g/mol. The summed E-state index contributed by atoms with van der Waals surface area (Å²) in [6, 6.07) is 3.63. The highest BCUT2D eigenvalue weighted by atomic mass is 19.1. The third-order valence-electron chi connectivity index (χ3n) is 2.55. The summed E-state index contributed by atoms with van der Waals surface area (Å²) in [6.45, 7) is 0. The van der Waals surface area contributed by atoms with E-state index in [-0.39, 0.29) is 12.0 Å². The van der Waals surface area contributed by atoms with Gasteiger partial charge < -0.3 is 15.5 Å². The molecule has 0 radical (unpaired) electrons. The monoisotopic (exact) mass is 211 g/mol. The molecule has 1 aliphatic carbocycles. The van der Waals surface area contributed by atoms with Gasteiger partial charge in [0.15, 0.2) is 0 Å². The second-order valence-electron chi connectivity index (χ2n) is 3.51. The lowest BCUT2D eigenvalue weighted by atomic mass is 10.1. The zero-order valence-electron chi connectivity index (χ0n) is 7.77. The highest BCUT2D eigenvalue weighted by molar-refractivity contribution is 5.66. The molecule has 0 saturated carbocycles. The number of aliphatic hydroxyl groups excluding tert-OH is 1. The highest BCUT2D eigenvalue weighted by Crippen LogP contribution is 2.33. The Hall–Kier alpha value is -1.62. The molecule has 1 aromatic rings. The Kier molecular flexibility index (Phi) is 2.32. The molecule has 2 atom stereocenters. The van der Waals surface area contributed by atoms with Gasteiger partial charge in [-0.2, -0.15) is 0 Å². The van der Waals surface area contributed by atoms with Crippen molar-refractivity contribution in [1.82, 2.24) is 5.32 Å². The molecule has 0 fully saturated rings. The van der Waals surface area contributed by atoms with Gasteiger partial charge in [-0.25, -0.2) is 9.18 Å². The molecule has 80 valence electrons. The molecule has 4 nitrogen and oxygen atoms in total. The molecule has 5 heteroatoms. The third kappa shape index (κ3) is 1.66. The van der Waals surface area contributed by atoms with Crippen molar-refractivity contribution < 1.29 is 19.4 Å². The first-order chi connectivity index (χ1) is 7.09. The van der Waals surface area contributed by atoms with Crippen molar-refractivity contribution in [2.45, 2.75) is 18.6 Å². The molecule has 0 bridgehead atoms. The van der Waals surface area contributed by atoms with Crippen LogP contribution in [-0.2, 0) is 6.42 Å². The number of halogens is 1. The molecular formula is C10H10FNO3. The van der Waals surface area contributed by atoms with E-state index >= 15 is 0 Å². The number of nitrogens with one attached hydrogen (secondary N) is 1. The number of carbonyl (C=O) groups is 1. The van der Waals surface area contributed by atoms with Crippen LogP contribution < -0.4 is 5.32 Å². The third-order valence-corrected chi connectivity index (χ3v) is 2.55. The maximum atomic E-state index is 13.4. The summed E-state index contributed by atoms with van der Waals surface area (Å²) in [5.74, 6) is -0.484. The van der Waals surface area contributed by atoms with Crippen LogP contribution in [0.5, 0.6) is 0 Å². The Labute approximate surface area is 85.4 Å². The number of hydrogen-bond acceptors (Lipinski definition) is 2. The molecule has 0 spiro atoms. The predicted octanol–water partition coefficient (Wildman–Crippen LogP) is 1.05. The molecule has 0 unspecified atom stereocenters. The summed E-state index contributed by atoms with van der Waals surface area (Å²) >= 11 is 0. The summed E-state index contributed by atoms with van der Waals surface area (Å²) in [6.07, 6.45) is -1.89. The number of fused-ring (bicyclic) bond motifs is 1. The molecule has 0 aliphatic heterocycles. The van der Waals surface area contributed by atoms with E-state index in [4.69, 9.17) is 5.11 Å². The Bertz CT molecular complexity index is 408. The lowest BCUT2D eigenvalue weighted by Crippen LogP contribution is -2.33. The number of amides is 1. The van der Waals surface area contributed by atoms with E-state index in [1.807, 2.05) is 0 Å².